The minimum absolute atomic E-state index is 0.0334. The van der Waals surface area contributed by atoms with Crippen LogP contribution in [-0.4, -0.2) is 48.6 Å². The summed E-state index contributed by atoms with van der Waals surface area (Å²) in [6, 6.07) is 11.4. The number of benzene rings is 2. The highest BCUT2D eigenvalue weighted by molar-refractivity contribution is 9.10. The number of carbonyl (C=O) groups excluding carboxylic acids is 1. The van der Waals surface area contributed by atoms with E-state index in [0.717, 1.165) is 38.7 Å². The van der Waals surface area contributed by atoms with E-state index in [1.165, 1.54) is 0 Å². The highest BCUT2D eigenvalue weighted by atomic mass is 79.9. The van der Waals surface area contributed by atoms with E-state index >= 15 is 0 Å². The van der Waals surface area contributed by atoms with Gasteiger partial charge in [0.2, 0.25) is 0 Å². The van der Waals surface area contributed by atoms with Crippen LogP contribution < -0.4 is 9.64 Å². The molecule has 4 rings (SSSR count). The van der Waals surface area contributed by atoms with Crippen molar-refractivity contribution in [1.29, 1.82) is 0 Å². The Morgan fingerprint density at radius 1 is 1.25 bits per heavy atom. The maximum Gasteiger partial charge on any atom is 0.255 e. The third-order valence-corrected chi connectivity index (χ3v) is 6.57. The van der Waals surface area contributed by atoms with Crippen molar-refractivity contribution in [1.82, 2.24) is 9.88 Å². The molecule has 5 nitrogen and oxygen atoms in total. The lowest BCUT2D eigenvalue weighted by Crippen LogP contribution is -2.48. The predicted molar refractivity (Wildman–Crippen MR) is 118 cm³/mol. The number of rotatable bonds is 4. The second-order valence-electron chi connectivity index (χ2n) is 6.44. The molecule has 1 aliphatic rings. The molecule has 0 atom stereocenters. The van der Waals surface area contributed by atoms with Crippen LogP contribution in [0, 0.1) is 0 Å². The van der Waals surface area contributed by atoms with Crippen LogP contribution in [0.1, 0.15) is 17.3 Å². The molecule has 1 amide bonds. The fraction of sp³-hybridized carbons (Fsp3) is 0.300. The second-order valence-corrected chi connectivity index (χ2v) is 8.77. The summed E-state index contributed by atoms with van der Waals surface area (Å²) in [5, 5.41) is 1.44. The van der Waals surface area contributed by atoms with Crippen molar-refractivity contribution < 1.29 is 9.53 Å². The first-order chi connectivity index (χ1) is 13.6. The molecule has 0 aliphatic carbocycles. The molecule has 2 aromatic carbocycles. The number of carbonyl (C=O) groups is 1. The van der Waals surface area contributed by atoms with Crippen molar-refractivity contribution in [2.75, 3.05) is 37.7 Å². The lowest BCUT2D eigenvalue weighted by molar-refractivity contribution is 0.0747. The van der Waals surface area contributed by atoms with Crippen molar-refractivity contribution in [2.24, 2.45) is 0 Å². The van der Waals surface area contributed by atoms with Gasteiger partial charge in [-0.15, -0.1) is 0 Å². The molecule has 0 saturated carbocycles. The van der Waals surface area contributed by atoms with E-state index in [9.17, 15) is 4.79 Å². The molecule has 2 heterocycles. The summed E-state index contributed by atoms with van der Waals surface area (Å²) < 4.78 is 7.65. The summed E-state index contributed by atoms with van der Waals surface area (Å²) in [4.78, 5) is 21.7. The highest BCUT2D eigenvalue weighted by Gasteiger charge is 2.25. The molecule has 146 valence electrons. The van der Waals surface area contributed by atoms with Crippen LogP contribution in [0.4, 0.5) is 5.13 Å². The molecule has 0 unspecified atom stereocenters. The molecule has 28 heavy (non-hydrogen) atoms. The largest absolute Gasteiger partial charge is 0.492 e. The molecule has 0 radical (unpaired) electrons. The normalized spacial score (nSPS) is 14.5. The van der Waals surface area contributed by atoms with E-state index in [4.69, 9.17) is 21.3 Å². The Labute approximate surface area is 181 Å². The summed E-state index contributed by atoms with van der Waals surface area (Å²) in [6.45, 7) is 5.33. The number of para-hydroxylation sites is 1. The number of fused-ring (bicyclic) bond motifs is 1. The Bertz CT molecular complexity index is 1020. The average Bonchev–Trinajstić information content (AvgIpc) is 3.15. The van der Waals surface area contributed by atoms with Crippen LogP contribution in [0.5, 0.6) is 5.75 Å². The third kappa shape index (κ3) is 3.83. The first-order valence-electron chi connectivity index (χ1n) is 9.08. The van der Waals surface area contributed by atoms with Gasteiger partial charge in [-0.2, -0.15) is 0 Å². The van der Waals surface area contributed by atoms with Crippen molar-refractivity contribution >= 4 is 60.1 Å². The Morgan fingerprint density at radius 2 is 2.04 bits per heavy atom. The van der Waals surface area contributed by atoms with Crippen LogP contribution in [-0.2, 0) is 0 Å². The summed E-state index contributed by atoms with van der Waals surface area (Å²) in [7, 11) is 0. The minimum Gasteiger partial charge on any atom is -0.492 e. The van der Waals surface area contributed by atoms with Crippen molar-refractivity contribution in [3.05, 3.63) is 51.5 Å². The summed E-state index contributed by atoms with van der Waals surface area (Å²) >= 11 is 11.3. The van der Waals surface area contributed by atoms with Gasteiger partial charge in [-0.05, 0) is 37.3 Å². The molecule has 0 bridgehead atoms. The molecule has 3 aromatic rings. The fourth-order valence-corrected chi connectivity index (χ4v) is 4.85. The van der Waals surface area contributed by atoms with Gasteiger partial charge in [0.15, 0.2) is 5.13 Å². The first kappa shape index (κ1) is 19.5. The van der Waals surface area contributed by atoms with Gasteiger partial charge in [0.25, 0.3) is 5.91 Å². The van der Waals surface area contributed by atoms with Crippen molar-refractivity contribution in [2.45, 2.75) is 6.92 Å². The van der Waals surface area contributed by atoms with Crippen LogP contribution in [0.3, 0.4) is 0 Å². The van der Waals surface area contributed by atoms with Gasteiger partial charge >= 0.3 is 0 Å². The van der Waals surface area contributed by atoms with E-state index in [-0.39, 0.29) is 5.91 Å². The van der Waals surface area contributed by atoms with Gasteiger partial charge < -0.3 is 14.5 Å². The molecule has 1 fully saturated rings. The Kier molecular flexibility index (Phi) is 5.75. The summed E-state index contributed by atoms with van der Waals surface area (Å²) in [5.41, 5.74) is 1.44. The number of aromatic nitrogens is 1. The maximum absolute atomic E-state index is 12.8. The number of piperazine rings is 1. The standard InChI is InChI=1S/C20H19BrClN3O2S/c1-2-27-16-4-3-5-17-18(16)23-20(28-17)25-10-8-24(9-11-25)19(26)14-12-13(21)6-7-15(14)22/h3-7,12H,2,8-11H2,1H3. The molecular formula is C20H19BrClN3O2S. The zero-order valence-corrected chi connectivity index (χ0v) is 18.5. The molecular weight excluding hydrogens is 462 g/mol. The number of ether oxygens (including phenoxy) is 1. The van der Waals surface area contributed by atoms with Crippen LogP contribution >= 0.6 is 38.9 Å². The monoisotopic (exact) mass is 479 g/mol. The number of hydrogen-bond donors (Lipinski definition) is 0. The molecule has 0 spiro atoms. The number of anilines is 1. The fourth-order valence-electron chi connectivity index (χ4n) is 3.25. The van der Waals surface area contributed by atoms with E-state index in [1.807, 2.05) is 30.0 Å². The van der Waals surface area contributed by atoms with Gasteiger partial charge in [-0.25, -0.2) is 4.98 Å². The number of hydrogen-bond acceptors (Lipinski definition) is 5. The number of halogens is 2. The Morgan fingerprint density at radius 3 is 2.79 bits per heavy atom. The number of nitrogens with zero attached hydrogens (tertiary/aromatic N) is 3. The zero-order valence-electron chi connectivity index (χ0n) is 15.3. The zero-order chi connectivity index (χ0) is 19.7. The van der Waals surface area contributed by atoms with Gasteiger partial charge in [-0.3, -0.25) is 4.79 Å². The van der Waals surface area contributed by atoms with Gasteiger partial charge in [-0.1, -0.05) is 44.9 Å². The van der Waals surface area contributed by atoms with E-state index in [1.54, 1.807) is 23.5 Å². The van der Waals surface area contributed by atoms with Gasteiger partial charge in [0.05, 0.1) is 21.9 Å². The van der Waals surface area contributed by atoms with Crippen LogP contribution in [0.2, 0.25) is 5.02 Å². The lowest BCUT2D eigenvalue weighted by atomic mass is 10.2. The van der Waals surface area contributed by atoms with Crippen LogP contribution in [0.15, 0.2) is 40.9 Å². The number of amides is 1. The quantitative estimate of drug-likeness (QED) is 0.523. The summed E-state index contributed by atoms with van der Waals surface area (Å²) in [6.07, 6.45) is 0. The molecule has 0 N–H and O–H groups in total. The summed E-state index contributed by atoms with van der Waals surface area (Å²) in [5.74, 6) is 0.787. The first-order valence-corrected chi connectivity index (χ1v) is 11.1. The maximum atomic E-state index is 12.8. The predicted octanol–water partition coefficient (Wildman–Crippen LogP) is 5.07. The van der Waals surface area contributed by atoms with Crippen molar-refractivity contribution in [3.63, 3.8) is 0 Å². The van der Waals surface area contributed by atoms with E-state index in [2.05, 4.69) is 26.9 Å². The SMILES string of the molecule is CCOc1cccc2sc(N3CCN(C(=O)c4cc(Br)ccc4Cl)CC3)nc12. The van der Waals surface area contributed by atoms with Crippen molar-refractivity contribution in [3.8, 4) is 5.75 Å². The molecule has 8 heteroatoms. The molecule has 1 aliphatic heterocycles. The molecule has 1 saturated heterocycles. The van der Waals surface area contributed by atoms with Crippen LogP contribution in [0.25, 0.3) is 10.2 Å². The lowest BCUT2D eigenvalue weighted by Gasteiger charge is -2.34. The van der Waals surface area contributed by atoms with E-state index in [0.29, 0.717) is 30.3 Å². The van der Waals surface area contributed by atoms with E-state index < -0.39 is 0 Å². The van der Waals surface area contributed by atoms with Gasteiger partial charge in [0, 0.05) is 30.7 Å². The third-order valence-electron chi connectivity index (χ3n) is 4.67. The highest BCUT2D eigenvalue weighted by Crippen LogP contribution is 2.34. The smallest absolute Gasteiger partial charge is 0.255 e. The average molecular weight is 481 g/mol. The number of thiazole rings is 1. The second kappa shape index (κ2) is 8.27. The topological polar surface area (TPSA) is 45.7 Å². The Balaban J connectivity index is 1.48. The molecule has 1 aromatic heterocycles. The minimum atomic E-state index is -0.0334. The Hall–Kier alpha value is -1.83. The van der Waals surface area contributed by atoms with Gasteiger partial charge in [0.1, 0.15) is 11.3 Å².